The quantitative estimate of drug-likeness (QED) is 0.189. The van der Waals surface area contributed by atoms with Crippen LogP contribution in [0.4, 0.5) is 0 Å². The molecule has 6 nitrogen and oxygen atoms in total. The first kappa shape index (κ1) is 29.2. The number of rotatable bonds is 15. The second-order valence-corrected chi connectivity index (χ2v) is 12.6. The molecule has 6 heteroatoms. The smallest absolute Gasteiger partial charge is 0.319 e. The number of aromatic amines is 1. The molecular formula is C34H50N2O4. The fraction of sp³-hybridized carbons (Fsp3) is 0.706. The van der Waals surface area contributed by atoms with Crippen LogP contribution in [-0.4, -0.2) is 54.2 Å². The van der Waals surface area contributed by atoms with Crippen molar-refractivity contribution in [3.63, 3.8) is 0 Å². The lowest BCUT2D eigenvalue weighted by Crippen LogP contribution is -2.67. The number of esters is 2. The SMILES string of the molecule is CCCCCCCCCCCC(=O)OCC[C@H]1C[C@H]2CN3CCc4c([nH]c5ccccc45)[C@](C(=O)OCC)(C2)[C@H]13. The van der Waals surface area contributed by atoms with Gasteiger partial charge in [-0.05, 0) is 62.5 Å². The Kier molecular flexibility index (Phi) is 9.88. The minimum absolute atomic E-state index is 0.0698. The highest BCUT2D eigenvalue weighted by Crippen LogP contribution is 2.55. The second kappa shape index (κ2) is 13.5. The Morgan fingerprint density at radius 3 is 2.52 bits per heavy atom. The lowest BCUT2D eigenvalue weighted by atomic mass is 9.56. The molecule has 0 radical (unpaired) electrons. The molecule has 40 heavy (non-hydrogen) atoms. The molecule has 1 saturated carbocycles. The van der Waals surface area contributed by atoms with E-state index in [9.17, 15) is 9.59 Å². The molecule has 1 aromatic heterocycles. The van der Waals surface area contributed by atoms with E-state index in [4.69, 9.17) is 9.47 Å². The normalized spacial score (nSPS) is 26.9. The number of nitrogens with one attached hydrogen (secondary N) is 1. The van der Waals surface area contributed by atoms with Crippen molar-refractivity contribution in [3.8, 4) is 0 Å². The van der Waals surface area contributed by atoms with E-state index in [1.54, 1.807) is 0 Å². The summed E-state index contributed by atoms with van der Waals surface area (Å²) in [5, 5.41) is 1.23. The molecule has 3 fully saturated rings. The van der Waals surface area contributed by atoms with E-state index < -0.39 is 5.41 Å². The van der Waals surface area contributed by atoms with E-state index in [1.807, 2.05) is 6.92 Å². The van der Waals surface area contributed by atoms with Gasteiger partial charge in [0.1, 0.15) is 5.41 Å². The summed E-state index contributed by atoms with van der Waals surface area (Å²) in [6.07, 6.45) is 15.4. The van der Waals surface area contributed by atoms with E-state index in [0.717, 1.165) is 62.8 Å². The summed E-state index contributed by atoms with van der Waals surface area (Å²) in [5.41, 5.74) is 2.78. The predicted molar refractivity (Wildman–Crippen MR) is 159 cm³/mol. The Balaban J connectivity index is 1.20. The monoisotopic (exact) mass is 550 g/mol. The number of unbranched alkanes of at least 4 members (excludes halogenated alkanes) is 8. The average molecular weight is 551 g/mol. The Hall–Kier alpha value is -2.34. The van der Waals surface area contributed by atoms with Gasteiger partial charge in [0.05, 0.1) is 13.2 Å². The maximum Gasteiger partial charge on any atom is 0.319 e. The third kappa shape index (κ3) is 5.98. The summed E-state index contributed by atoms with van der Waals surface area (Å²) >= 11 is 0. The van der Waals surface area contributed by atoms with Crippen molar-refractivity contribution < 1.29 is 19.1 Å². The zero-order valence-corrected chi connectivity index (χ0v) is 24.8. The highest BCUT2D eigenvalue weighted by atomic mass is 16.5. The first-order valence-corrected chi connectivity index (χ1v) is 16.2. The predicted octanol–water partition coefficient (Wildman–Crippen LogP) is 7.09. The van der Waals surface area contributed by atoms with Crippen LogP contribution < -0.4 is 0 Å². The number of carbonyl (C=O) groups is 2. The van der Waals surface area contributed by atoms with E-state index in [2.05, 4.69) is 41.1 Å². The summed E-state index contributed by atoms with van der Waals surface area (Å²) in [4.78, 5) is 32.7. The van der Waals surface area contributed by atoms with Crippen molar-refractivity contribution in [3.05, 3.63) is 35.5 Å². The minimum atomic E-state index is -0.687. The number of fused-ring (bicyclic) bond motifs is 4. The van der Waals surface area contributed by atoms with Gasteiger partial charge in [-0.25, -0.2) is 0 Å². The number of benzene rings is 1. The number of H-pyrrole nitrogens is 1. The number of piperidine rings is 2. The molecule has 4 heterocycles. The molecule has 6 rings (SSSR count). The van der Waals surface area contributed by atoms with Crippen LogP contribution in [0.5, 0.6) is 0 Å². The summed E-state index contributed by atoms with van der Waals surface area (Å²) in [6, 6.07) is 8.51. The Labute approximate surface area is 240 Å². The summed E-state index contributed by atoms with van der Waals surface area (Å²) in [6.45, 7) is 6.97. The molecule has 3 aliphatic heterocycles. The van der Waals surface area contributed by atoms with E-state index in [-0.39, 0.29) is 18.0 Å². The topological polar surface area (TPSA) is 71.6 Å². The highest BCUT2D eigenvalue weighted by Gasteiger charge is 2.63. The molecule has 0 spiro atoms. The molecule has 2 aromatic rings. The third-order valence-electron chi connectivity index (χ3n) is 9.87. The number of aromatic nitrogens is 1. The van der Waals surface area contributed by atoms with Crippen LogP contribution in [0.15, 0.2) is 24.3 Å². The molecule has 1 aliphatic carbocycles. The van der Waals surface area contributed by atoms with Gasteiger partial charge in [-0.3, -0.25) is 14.5 Å². The molecule has 2 saturated heterocycles. The van der Waals surface area contributed by atoms with Crippen LogP contribution in [-0.2, 0) is 30.9 Å². The first-order valence-electron chi connectivity index (χ1n) is 16.2. The van der Waals surface area contributed by atoms with Crippen molar-refractivity contribution in [2.45, 2.75) is 115 Å². The Morgan fingerprint density at radius 2 is 1.75 bits per heavy atom. The molecule has 220 valence electrons. The van der Waals surface area contributed by atoms with Crippen LogP contribution in [0.3, 0.4) is 0 Å². The fourth-order valence-electron chi connectivity index (χ4n) is 8.21. The van der Waals surface area contributed by atoms with Crippen LogP contribution in [0.2, 0.25) is 0 Å². The van der Waals surface area contributed by atoms with E-state index in [1.165, 1.54) is 55.9 Å². The minimum Gasteiger partial charge on any atom is -0.466 e. The zero-order chi connectivity index (χ0) is 28.0. The van der Waals surface area contributed by atoms with E-state index >= 15 is 0 Å². The van der Waals surface area contributed by atoms with Gasteiger partial charge in [0, 0.05) is 42.1 Å². The number of nitrogens with zero attached hydrogens (tertiary/aromatic N) is 1. The van der Waals surface area contributed by atoms with Gasteiger partial charge in [0.15, 0.2) is 0 Å². The van der Waals surface area contributed by atoms with Crippen LogP contribution >= 0.6 is 0 Å². The van der Waals surface area contributed by atoms with Crippen molar-refractivity contribution in [1.29, 1.82) is 0 Å². The number of hydrogen-bond acceptors (Lipinski definition) is 5. The van der Waals surface area contributed by atoms with Gasteiger partial charge in [-0.15, -0.1) is 0 Å². The highest BCUT2D eigenvalue weighted by molar-refractivity contribution is 5.91. The molecular weight excluding hydrogens is 500 g/mol. The van der Waals surface area contributed by atoms with Crippen LogP contribution in [0, 0.1) is 11.8 Å². The molecule has 4 bridgehead atoms. The molecule has 1 unspecified atom stereocenters. The standard InChI is InChI=1S/C34H50N2O4/c1-3-5-6-7-8-9-10-11-12-17-30(37)40-21-19-26-22-25-23-34(33(38)39-4-2)31-28(18-20-36(24-25)32(26)34)27-15-13-14-16-29(27)35-31/h13-16,25-26,32,35H,3-12,17-24H2,1-2H3/t25-,26+,32+,34-/m1/s1. The molecule has 1 N–H and O–H groups in total. The number of carbonyl (C=O) groups excluding carboxylic acids is 2. The maximum atomic E-state index is 13.9. The molecule has 5 atom stereocenters. The van der Waals surface area contributed by atoms with Crippen LogP contribution in [0.1, 0.15) is 109 Å². The van der Waals surface area contributed by atoms with Gasteiger partial charge < -0.3 is 14.5 Å². The number of hydrogen-bond donors (Lipinski definition) is 1. The Morgan fingerprint density at radius 1 is 1.00 bits per heavy atom. The summed E-state index contributed by atoms with van der Waals surface area (Å²) < 4.78 is 11.6. The van der Waals surface area contributed by atoms with Gasteiger partial charge >= 0.3 is 11.9 Å². The van der Waals surface area contributed by atoms with Gasteiger partial charge in [-0.1, -0.05) is 76.5 Å². The lowest BCUT2D eigenvalue weighted by molar-refractivity contribution is -0.166. The largest absolute Gasteiger partial charge is 0.466 e. The molecule has 4 aliphatic rings. The maximum absolute atomic E-state index is 13.9. The lowest BCUT2D eigenvalue weighted by Gasteiger charge is -2.58. The molecule has 1 aromatic carbocycles. The van der Waals surface area contributed by atoms with Crippen molar-refractivity contribution in [1.82, 2.24) is 9.88 Å². The van der Waals surface area contributed by atoms with E-state index in [0.29, 0.717) is 31.5 Å². The van der Waals surface area contributed by atoms with Crippen molar-refractivity contribution >= 4 is 22.8 Å². The number of para-hydroxylation sites is 1. The summed E-state index contributed by atoms with van der Waals surface area (Å²) in [5.74, 6) is 0.584. The third-order valence-corrected chi connectivity index (χ3v) is 9.87. The van der Waals surface area contributed by atoms with Crippen LogP contribution in [0.25, 0.3) is 10.9 Å². The zero-order valence-electron chi connectivity index (χ0n) is 24.8. The van der Waals surface area contributed by atoms with Gasteiger partial charge in [-0.2, -0.15) is 0 Å². The average Bonchev–Trinajstić information content (AvgIpc) is 3.30. The fourth-order valence-corrected chi connectivity index (χ4v) is 8.21. The Bertz CT molecular complexity index is 1140. The summed E-state index contributed by atoms with van der Waals surface area (Å²) in [7, 11) is 0. The van der Waals surface area contributed by atoms with Gasteiger partial charge in [0.2, 0.25) is 0 Å². The second-order valence-electron chi connectivity index (χ2n) is 12.6. The van der Waals surface area contributed by atoms with Gasteiger partial charge in [0.25, 0.3) is 0 Å². The van der Waals surface area contributed by atoms with Crippen molar-refractivity contribution in [2.75, 3.05) is 26.3 Å². The first-order chi connectivity index (χ1) is 19.6. The number of ether oxygens (including phenoxy) is 2. The molecule has 0 amide bonds. The van der Waals surface area contributed by atoms with Crippen molar-refractivity contribution in [2.24, 2.45) is 11.8 Å².